The minimum absolute atomic E-state index is 0.0523. The molecule has 0 saturated heterocycles. The fraction of sp³-hybridized carbons (Fsp3) is 0.412. The van der Waals surface area contributed by atoms with Gasteiger partial charge in [-0.2, -0.15) is 0 Å². The second kappa shape index (κ2) is 5.30. The Balaban J connectivity index is 2.22. The molecule has 0 fully saturated rings. The van der Waals surface area contributed by atoms with Gasteiger partial charge in [-0.15, -0.1) is 0 Å². The number of rotatable bonds is 3. The predicted octanol–water partition coefficient (Wildman–Crippen LogP) is 1.78. The van der Waals surface area contributed by atoms with Gasteiger partial charge in [0.25, 0.3) is 0 Å². The fourth-order valence-electron chi connectivity index (χ4n) is 3.48. The lowest BCUT2D eigenvalue weighted by atomic mass is 9.85. The first-order chi connectivity index (χ1) is 10.8. The minimum atomic E-state index is -0.454. The van der Waals surface area contributed by atoms with Gasteiger partial charge in [0.1, 0.15) is 12.3 Å². The van der Waals surface area contributed by atoms with Crippen molar-refractivity contribution < 1.29 is 23.9 Å². The van der Waals surface area contributed by atoms with E-state index in [4.69, 9.17) is 4.74 Å². The molecule has 0 unspecified atom stereocenters. The second-order valence-electron chi connectivity index (χ2n) is 5.90. The number of nitrogens with zero attached hydrogens (tertiary/aromatic N) is 1. The Morgan fingerprint density at radius 2 is 1.87 bits per heavy atom. The van der Waals surface area contributed by atoms with E-state index in [-0.39, 0.29) is 29.1 Å². The summed E-state index contributed by atoms with van der Waals surface area (Å²) in [7, 11) is 0. The summed E-state index contributed by atoms with van der Waals surface area (Å²) in [5.74, 6) is -1.60. The van der Waals surface area contributed by atoms with E-state index >= 15 is 0 Å². The molecule has 2 aliphatic rings. The number of carbonyl (C=O) groups is 4. The van der Waals surface area contributed by atoms with E-state index in [1.54, 1.807) is 0 Å². The molecule has 3 rings (SSSR count). The third kappa shape index (κ3) is 2.17. The van der Waals surface area contributed by atoms with Crippen LogP contribution in [0.15, 0.2) is 11.1 Å². The van der Waals surface area contributed by atoms with E-state index in [1.165, 1.54) is 20.8 Å². The lowest BCUT2D eigenvalue weighted by Gasteiger charge is -2.17. The van der Waals surface area contributed by atoms with Crippen molar-refractivity contribution in [2.24, 2.45) is 0 Å². The SMILES string of the molecule is CC(=O)OCc1c2c(n3c1CCC3)C(=O)C(C)=C(C(C)=O)C2=O. The van der Waals surface area contributed by atoms with Crippen LogP contribution >= 0.6 is 0 Å². The van der Waals surface area contributed by atoms with Gasteiger partial charge in [0.05, 0.1) is 11.1 Å². The van der Waals surface area contributed by atoms with Gasteiger partial charge < -0.3 is 9.30 Å². The smallest absolute Gasteiger partial charge is 0.302 e. The molecular formula is C17H17NO5. The lowest BCUT2D eigenvalue weighted by molar-refractivity contribution is -0.142. The normalized spacial score (nSPS) is 16.5. The van der Waals surface area contributed by atoms with Gasteiger partial charge in [0.2, 0.25) is 5.78 Å². The molecule has 0 bridgehead atoms. The number of esters is 1. The Morgan fingerprint density at radius 1 is 1.17 bits per heavy atom. The second-order valence-corrected chi connectivity index (χ2v) is 5.90. The van der Waals surface area contributed by atoms with Gasteiger partial charge in [-0.25, -0.2) is 0 Å². The summed E-state index contributed by atoms with van der Waals surface area (Å²) in [5, 5.41) is 0. The van der Waals surface area contributed by atoms with Crippen LogP contribution in [0.1, 0.15) is 59.3 Å². The molecule has 0 radical (unpaired) electrons. The first kappa shape index (κ1) is 15.4. The molecule has 1 aliphatic heterocycles. The molecule has 120 valence electrons. The number of ketones is 3. The zero-order chi connectivity index (χ0) is 16.9. The Kier molecular flexibility index (Phi) is 3.55. The van der Waals surface area contributed by atoms with Gasteiger partial charge in [-0.1, -0.05) is 0 Å². The van der Waals surface area contributed by atoms with E-state index in [0.29, 0.717) is 17.8 Å². The van der Waals surface area contributed by atoms with E-state index < -0.39 is 17.5 Å². The standard InChI is InChI=1S/C17H17NO5/c1-8-13(9(2)19)17(22)14-11(7-23-10(3)20)12-5-4-6-18(12)15(14)16(8)21/h4-7H2,1-3H3. The van der Waals surface area contributed by atoms with Crippen LogP contribution in [0.5, 0.6) is 0 Å². The highest BCUT2D eigenvalue weighted by Gasteiger charge is 2.40. The van der Waals surface area contributed by atoms with Crippen LogP contribution in [0.2, 0.25) is 0 Å². The predicted molar refractivity (Wildman–Crippen MR) is 80.3 cm³/mol. The number of ether oxygens (including phenoxy) is 1. The van der Waals surface area contributed by atoms with Gasteiger partial charge in [0, 0.05) is 30.3 Å². The number of hydrogen-bond donors (Lipinski definition) is 0. The molecule has 23 heavy (non-hydrogen) atoms. The van der Waals surface area contributed by atoms with Crippen LogP contribution in [0, 0.1) is 0 Å². The lowest BCUT2D eigenvalue weighted by Crippen LogP contribution is -2.26. The topological polar surface area (TPSA) is 82.4 Å². The Bertz CT molecular complexity index is 809. The van der Waals surface area contributed by atoms with Gasteiger partial charge in [0.15, 0.2) is 11.6 Å². The van der Waals surface area contributed by atoms with E-state index in [0.717, 1.165) is 18.5 Å². The number of carbonyl (C=O) groups excluding carboxylic acids is 4. The third-order valence-corrected chi connectivity index (χ3v) is 4.43. The van der Waals surface area contributed by atoms with E-state index in [9.17, 15) is 19.2 Å². The molecule has 0 atom stereocenters. The van der Waals surface area contributed by atoms with Gasteiger partial charge in [-0.05, 0) is 26.7 Å². The van der Waals surface area contributed by atoms with Crippen LogP contribution in [0.4, 0.5) is 0 Å². The van der Waals surface area contributed by atoms with Crippen molar-refractivity contribution in [1.82, 2.24) is 4.57 Å². The average molecular weight is 315 g/mol. The average Bonchev–Trinajstić information content (AvgIpc) is 3.02. The highest BCUT2D eigenvalue weighted by atomic mass is 16.5. The molecular weight excluding hydrogens is 298 g/mol. The Labute approximate surface area is 133 Å². The summed E-state index contributed by atoms with van der Waals surface area (Å²) in [6.07, 6.45) is 1.60. The highest BCUT2D eigenvalue weighted by Crippen LogP contribution is 2.36. The minimum Gasteiger partial charge on any atom is -0.461 e. The molecule has 0 amide bonds. The van der Waals surface area contributed by atoms with Crippen LogP contribution < -0.4 is 0 Å². The summed E-state index contributed by atoms with van der Waals surface area (Å²) in [6, 6.07) is 0. The summed E-state index contributed by atoms with van der Waals surface area (Å²) in [4.78, 5) is 48.4. The quantitative estimate of drug-likeness (QED) is 0.627. The zero-order valence-corrected chi connectivity index (χ0v) is 13.3. The molecule has 0 spiro atoms. The molecule has 0 aromatic carbocycles. The first-order valence-corrected chi connectivity index (χ1v) is 7.53. The first-order valence-electron chi connectivity index (χ1n) is 7.53. The van der Waals surface area contributed by atoms with Crippen molar-refractivity contribution in [3.63, 3.8) is 0 Å². The number of allylic oxidation sites excluding steroid dienone is 2. The van der Waals surface area contributed by atoms with Gasteiger partial charge >= 0.3 is 5.97 Å². The van der Waals surface area contributed by atoms with Crippen molar-refractivity contribution in [2.45, 2.75) is 46.8 Å². The van der Waals surface area contributed by atoms with E-state index in [1.807, 2.05) is 4.57 Å². The summed E-state index contributed by atoms with van der Waals surface area (Å²) < 4.78 is 6.91. The van der Waals surface area contributed by atoms with Crippen molar-refractivity contribution in [1.29, 1.82) is 0 Å². The number of hydrogen-bond acceptors (Lipinski definition) is 5. The Hall–Kier alpha value is -2.50. The third-order valence-electron chi connectivity index (χ3n) is 4.43. The number of aromatic nitrogens is 1. The van der Waals surface area contributed by atoms with Crippen LogP contribution in [0.25, 0.3) is 0 Å². The number of Topliss-reactive ketones (excluding diaryl/α,β-unsaturated/α-hetero) is 3. The summed E-state index contributed by atoms with van der Waals surface area (Å²) in [6.45, 7) is 4.69. The van der Waals surface area contributed by atoms with Crippen molar-refractivity contribution in [2.75, 3.05) is 0 Å². The molecule has 1 aromatic rings. The molecule has 2 heterocycles. The van der Waals surface area contributed by atoms with Crippen molar-refractivity contribution in [3.05, 3.63) is 33.7 Å². The maximum atomic E-state index is 12.8. The molecule has 1 aliphatic carbocycles. The molecule has 6 nitrogen and oxygen atoms in total. The highest BCUT2D eigenvalue weighted by molar-refractivity contribution is 6.36. The molecule has 1 aromatic heterocycles. The summed E-state index contributed by atoms with van der Waals surface area (Å²) >= 11 is 0. The largest absolute Gasteiger partial charge is 0.461 e. The number of fused-ring (bicyclic) bond motifs is 3. The van der Waals surface area contributed by atoms with Crippen LogP contribution in [-0.4, -0.2) is 27.9 Å². The molecule has 6 heteroatoms. The van der Waals surface area contributed by atoms with Crippen molar-refractivity contribution in [3.8, 4) is 0 Å². The maximum Gasteiger partial charge on any atom is 0.302 e. The van der Waals surface area contributed by atoms with Crippen LogP contribution in [-0.2, 0) is 33.9 Å². The van der Waals surface area contributed by atoms with Crippen LogP contribution in [0.3, 0.4) is 0 Å². The van der Waals surface area contributed by atoms with E-state index in [2.05, 4.69) is 0 Å². The molecule has 0 saturated carbocycles. The zero-order valence-electron chi connectivity index (χ0n) is 13.3. The fourth-order valence-corrected chi connectivity index (χ4v) is 3.48. The monoisotopic (exact) mass is 315 g/mol. The maximum absolute atomic E-state index is 12.8. The molecule has 0 N–H and O–H groups in total. The van der Waals surface area contributed by atoms with Crippen molar-refractivity contribution >= 4 is 23.3 Å². The summed E-state index contributed by atoms with van der Waals surface area (Å²) in [5.41, 5.74) is 2.14. The van der Waals surface area contributed by atoms with Gasteiger partial charge in [-0.3, -0.25) is 19.2 Å². The Morgan fingerprint density at radius 3 is 2.48 bits per heavy atom.